The largest absolute Gasteiger partial charge is 0.383 e. The Balaban J connectivity index is 1.33. The Morgan fingerprint density at radius 2 is 1.92 bits per heavy atom. The lowest BCUT2D eigenvalue weighted by Gasteiger charge is -2.26. The van der Waals surface area contributed by atoms with Gasteiger partial charge in [0.05, 0.1) is 11.1 Å². The first kappa shape index (κ1) is 24.4. The molecule has 1 aliphatic heterocycles. The molecular weight excluding hydrogens is 476 g/mol. The predicted molar refractivity (Wildman–Crippen MR) is 150 cm³/mol. The van der Waals surface area contributed by atoms with Gasteiger partial charge in [0.1, 0.15) is 17.8 Å². The molecule has 2 aromatic heterocycles. The van der Waals surface area contributed by atoms with Crippen LogP contribution in [-0.2, 0) is 16.6 Å². The number of fused-ring (bicyclic) bond motifs is 1. The zero-order valence-corrected chi connectivity index (χ0v) is 22.1. The summed E-state index contributed by atoms with van der Waals surface area (Å²) in [5.74, 6) is 0.597. The van der Waals surface area contributed by atoms with Gasteiger partial charge >= 0.3 is 0 Å². The lowest BCUT2D eigenvalue weighted by molar-refractivity contribution is -0.134. The zero-order valence-electron chi connectivity index (χ0n) is 22.1. The van der Waals surface area contributed by atoms with E-state index >= 15 is 0 Å². The van der Waals surface area contributed by atoms with Crippen molar-refractivity contribution in [1.29, 1.82) is 0 Å². The zero-order chi connectivity index (χ0) is 26.6. The third-order valence-corrected chi connectivity index (χ3v) is 8.59. The van der Waals surface area contributed by atoms with Gasteiger partial charge in [0.25, 0.3) is 5.91 Å². The quantitative estimate of drug-likeness (QED) is 0.474. The van der Waals surface area contributed by atoms with E-state index in [-0.39, 0.29) is 11.8 Å². The molecule has 1 aromatic carbocycles. The second kappa shape index (κ2) is 9.11. The first-order valence-electron chi connectivity index (χ1n) is 13.4. The standard InChI is InChI=1S/C30H34N6O2/c1-18(2)28(37)34-22-10-8-20(9-11-22)25-23(24-26(31)32-17-33-27(24)35(25)3)19-4-6-21(7-5-19)29(38)36-15-14-30(16-36)12-13-30/h4,8-11,17,21H,1,5-7,12-16H2,2-3H3,(H,34,37)(H2,31,32,33)/t21-/m0/s1. The average Bonchev–Trinajstić information content (AvgIpc) is 3.43. The molecule has 2 fully saturated rings. The Morgan fingerprint density at radius 3 is 2.55 bits per heavy atom. The highest BCUT2D eigenvalue weighted by atomic mass is 16.2. The van der Waals surface area contributed by atoms with Crippen molar-refractivity contribution in [2.24, 2.45) is 18.4 Å². The fourth-order valence-electron chi connectivity index (χ4n) is 6.13. The lowest BCUT2D eigenvalue weighted by atomic mass is 9.84. The Hall–Kier alpha value is -3.94. The van der Waals surface area contributed by atoms with Crippen LogP contribution in [0.5, 0.6) is 0 Å². The van der Waals surface area contributed by atoms with Crippen LogP contribution in [0.3, 0.4) is 0 Å². The van der Waals surface area contributed by atoms with Crippen LogP contribution in [0.2, 0.25) is 0 Å². The number of carbonyl (C=O) groups excluding carboxylic acids is 2. The third-order valence-electron chi connectivity index (χ3n) is 8.59. The van der Waals surface area contributed by atoms with Gasteiger partial charge in [0.2, 0.25) is 5.91 Å². The molecule has 3 heterocycles. The molecule has 3 aliphatic rings. The molecule has 196 valence electrons. The van der Waals surface area contributed by atoms with Crippen molar-refractivity contribution >= 4 is 39.9 Å². The summed E-state index contributed by atoms with van der Waals surface area (Å²) in [6.45, 7) is 7.24. The van der Waals surface area contributed by atoms with Crippen molar-refractivity contribution in [3.63, 3.8) is 0 Å². The molecule has 8 heteroatoms. The Bertz CT molecular complexity index is 1500. The van der Waals surface area contributed by atoms with Crippen molar-refractivity contribution in [3.05, 3.63) is 54.4 Å². The molecule has 1 atom stereocenters. The van der Waals surface area contributed by atoms with Crippen LogP contribution in [0.15, 0.2) is 48.8 Å². The van der Waals surface area contributed by atoms with Gasteiger partial charge in [-0.1, -0.05) is 24.8 Å². The van der Waals surface area contributed by atoms with Crippen molar-refractivity contribution < 1.29 is 9.59 Å². The molecule has 1 saturated carbocycles. The van der Waals surface area contributed by atoms with E-state index in [0.717, 1.165) is 60.2 Å². The number of aryl methyl sites for hydroxylation is 1. The van der Waals surface area contributed by atoms with Crippen LogP contribution in [0, 0.1) is 11.3 Å². The Labute approximate surface area is 222 Å². The maximum Gasteiger partial charge on any atom is 0.250 e. The second-order valence-electron chi connectivity index (χ2n) is 11.3. The number of anilines is 2. The number of hydrogen-bond donors (Lipinski definition) is 2. The van der Waals surface area contributed by atoms with Crippen LogP contribution in [0.25, 0.3) is 27.9 Å². The van der Waals surface area contributed by atoms with Crippen LogP contribution in [0.1, 0.15) is 51.0 Å². The van der Waals surface area contributed by atoms with Gasteiger partial charge in [-0.3, -0.25) is 9.59 Å². The minimum absolute atomic E-state index is 0.0379. The van der Waals surface area contributed by atoms with Gasteiger partial charge in [-0.05, 0) is 74.1 Å². The summed E-state index contributed by atoms with van der Waals surface area (Å²) < 4.78 is 2.06. The topological polar surface area (TPSA) is 106 Å². The molecule has 0 radical (unpaired) electrons. The van der Waals surface area contributed by atoms with Crippen molar-refractivity contribution in [2.75, 3.05) is 24.1 Å². The highest BCUT2D eigenvalue weighted by Gasteiger charge is 2.49. The van der Waals surface area contributed by atoms with E-state index in [0.29, 0.717) is 28.4 Å². The normalized spacial score (nSPS) is 20.0. The molecule has 8 nitrogen and oxygen atoms in total. The number of rotatable bonds is 5. The number of nitrogens with zero attached hydrogens (tertiary/aromatic N) is 4. The second-order valence-corrected chi connectivity index (χ2v) is 11.3. The maximum absolute atomic E-state index is 13.3. The summed E-state index contributed by atoms with van der Waals surface area (Å²) >= 11 is 0. The summed E-state index contributed by atoms with van der Waals surface area (Å²) in [5, 5.41) is 3.70. The average molecular weight is 511 g/mol. The van der Waals surface area contributed by atoms with Crippen LogP contribution in [0.4, 0.5) is 11.5 Å². The molecule has 0 bridgehead atoms. The molecule has 3 aromatic rings. The third kappa shape index (κ3) is 4.18. The number of allylic oxidation sites excluding steroid dienone is 2. The number of amides is 2. The number of benzene rings is 1. The Morgan fingerprint density at radius 1 is 1.16 bits per heavy atom. The summed E-state index contributed by atoms with van der Waals surface area (Å²) in [5.41, 5.74) is 13.0. The molecular formula is C30H34N6O2. The van der Waals surface area contributed by atoms with E-state index in [4.69, 9.17) is 5.73 Å². The lowest BCUT2D eigenvalue weighted by Crippen LogP contribution is -2.35. The van der Waals surface area contributed by atoms with Crippen LogP contribution >= 0.6 is 0 Å². The minimum Gasteiger partial charge on any atom is -0.383 e. The van der Waals surface area contributed by atoms with Crippen molar-refractivity contribution in [1.82, 2.24) is 19.4 Å². The first-order chi connectivity index (χ1) is 18.3. The predicted octanol–water partition coefficient (Wildman–Crippen LogP) is 4.93. The number of aromatic nitrogens is 3. The number of likely N-dealkylation sites (tertiary alicyclic amines) is 1. The monoisotopic (exact) mass is 510 g/mol. The maximum atomic E-state index is 13.3. The van der Waals surface area contributed by atoms with Gasteiger partial charge in [-0.2, -0.15) is 0 Å². The molecule has 3 N–H and O–H groups in total. The van der Waals surface area contributed by atoms with Gasteiger partial charge in [-0.15, -0.1) is 0 Å². The number of nitrogen functional groups attached to an aromatic ring is 1. The van der Waals surface area contributed by atoms with Crippen molar-refractivity contribution in [3.8, 4) is 11.3 Å². The Kier molecular flexibility index (Phi) is 5.85. The molecule has 38 heavy (non-hydrogen) atoms. The van der Waals surface area contributed by atoms with E-state index < -0.39 is 0 Å². The fraction of sp³-hybridized carbons (Fsp3) is 0.400. The number of nitrogens with one attached hydrogen (secondary N) is 1. The molecule has 6 rings (SSSR count). The number of carbonyl (C=O) groups is 2. The van der Waals surface area contributed by atoms with E-state index in [1.54, 1.807) is 6.92 Å². The SMILES string of the molecule is C=C(C)C(=O)Nc1ccc(-c2c(C3=CC[C@H](C(=O)N4CCC5(CC5)C4)CC3)c3c(N)ncnc3n2C)cc1. The molecule has 0 unspecified atom stereocenters. The molecule has 2 amide bonds. The van der Waals surface area contributed by atoms with Gasteiger partial charge < -0.3 is 20.5 Å². The summed E-state index contributed by atoms with van der Waals surface area (Å²) in [6.07, 6.45) is 9.79. The summed E-state index contributed by atoms with van der Waals surface area (Å²) in [6, 6.07) is 7.76. The number of hydrogen-bond acceptors (Lipinski definition) is 5. The van der Waals surface area contributed by atoms with E-state index in [1.807, 2.05) is 31.3 Å². The highest BCUT2D eigenvalue weighted by molar-refractivity contribution is 6.05. The van der Waals surface area contributed by atoms with Gasteiger partial charge in [0, 0.05) is 42.9 Å². The highest BCUT2D eigenvalue weighted by Crippen LogP contribution is 2.53. The van der Waals surface area contributed by atoms with E-state index in [9.17, 15) is 9.59 Å². The van der Waals surface area contributed by atoms with Gasteiger partial charge in [-0.25, -0.2) is 9.97 Å². The summed E-state index contributed by atoms with van der Waals surface area (Å²) in [4.78, 5) is 36.3. The van der Waals surface area contributed by atoms with E-state index in [1.165, 1.54) is 31.2 Å². The van der Waals surface area contributed by atoms with Crippen LogP contribution < -0.4 is 11.1 Å². The molecule has 1 saturated heterocycles. The van der Waals surface area contributed by atoms with Crippen LogP contribution in [-0.4, -0.2) is 44.3 Å². The van der Waals surface area contributed by atoms with Crippen molar-refractivity contribution in [2.45, 2.75) is 45.4 Å². The number of nitrogens with two attached hydrogens (primary N) is 1. The first-order valence-corrected chi connectivity index (χ1v) is 13.4. The molecule has 1 spiro atoms. The molecule has 2 aliphatic carbocycles. The van der Waals surface area contributed by atoms with Gasteiger partial charge in [0.15, 0.2) is 0 Å². The summed E-state index contributed by atoms with van der Waals surface area (Å²) in [7, 11) is 1.99. The minimum atomic E-state index is -0.205. The smallest absolute Gasteiger partial charge is 0.250 e. The fourth-order valence-corrected chi connectivity index (χ4v) is 6.13. The van der Waals surface area contributed by atoms with E-state index in [2.05, 4.69) is 37.4 Å².